The molecule has 0 aromatic heterocycles. The van der Waals surface area contributed by atoms with Crippen LogP contribution in [0.25, 0.3) is 0 Å². The third-order valence-corrected chi connectivity index (χ3v) is 5.38. The van der Waals surface area contributed by atoms with Gasteiger partial charge in [-0.1, -0.05) is 0 Å². The summed E-state index contributed by atoms with van der Waals surface area (Å²) in [4.78, 5) is 14.6. The zero-order valence-electron chi connectivity index (χ0n) is 13.4. The highest BCUT2D eigenvalue weighted by atomic mass is 32.2. The predicted octanol–water partition coefficient (Wildman–Crippen LogP) is 2.33. The van der Waals surface area contributed by atoms with Crippen molar-refractivity contribution in [3.8, 4) is 5.75 Å². The summed E-state index contributed by atoms with van der Waals surface area (Å²) < 4.78 is 41.9. The van der Waals surface area contributed by atoms with Gasteiger partial charge in [-0.2, -0.15) is 0 Å². The van der Waals surface area contributed by atoms with E-state index >= 15 is 0 Å². The number of carbonyl (C=O) groups excluding carboxylic acids is 1. The van der Waals surface area contributed by atoms with Gasteiger partial charge in [0.2, 0.25) is 5.91 Å². The van der Waals surface area contributed by atoms with E-state index in [2.05, 4.69) is 5.43 Å². The molecular formula is C16H17FN2O4S2. The van der Waals surface area contributed by atoms with Gasteiger partial charge in [0.15, 0.2) is 0 Å². The summed E-state index contributed by atoms with van der Waals surface area (Å²) in [7, 11) is -2.37. The quantitative estimate of drug-likeness (QED) is 0.539. The van der Waals surface area contributed by atoms with Crippen LogP contribution in [0.4, 0.5) is 4.39 Å². The summed E-state index contributed by atoms with van der Waals surface area (Å²) in [6.45, 7) is 0. The smallest absolute Gasteiger partial charge is 0.257 e. The fourth-order valence-corrected chi connectivity index (χ4v) is 3.50. The van der Waals surface area contributed by atoms with Crippen LogP contribution in [0.15, 0.2) is 58.3 Å². The maximum Gasteiger partial charge on any atom is 0.257 e. The molecule has 0 aliphatic rings. The molecule has 0 fully saturated rings. The second kappa shape index (κ2) is 8.84. The average Bonchev–Trinajstić information content (AvgIpc) is 2.62. The Morgan fingerprint density at radius 1 is 1.12 bits per heavy atom. The Morgan fingerprint density at radius 3 is 2.36 bits per heavy atom. The lowest BCUT2D eigenvalue weighted by molar-refractivity contribution is -0.121. The number of thioether (sulfide) groups is 1. The highest BCUT2D eigenvalue weighted by molar-refractivity contribution is 7.99. The maximum atomic E-state index is 12.8. The van der Waals surface area contributed by atoms with Crippen LogP contribution in [0, 0.1) is 5.82 Å². The minimum atomic E-state index is -3.85. The molecule has 0 atom stereocenters. The summed E-state index contributed by atoms with van der Waals surface area (Å²) in [5.41, 5.74) is 2.16. The molecule has 0 spiro atoms. The maximum absolute atomic E-state index is 12.8. The van der Waals surface area contributed by atoms with E-state index in [0.717, 1.165) is 4.90 Å². The fourth-order valence-electron chi connectivity index (χ4n) is 1.79. The number of benzene rings is 2. The molecule has 0 aliphatic carbocycles. The van der Waals surface area contributed by atoms with Crippen LogP contribution in [-0.2, 0) is 14.8 Å². The van der Waals surface area contributed by atoms with Crippen molar-refractivity contribution in [1.29, 1.82) is 0 Å². The highest BCUT2D eigenvalue weighted by Crippen LogP contribution is 2.19. The summed E-state index contributed by atoms with van der Waals surface area (Å²) >= 11 is 1.37. The number of amides is 1. The molecule has 0 bridgehead atoms. The van der Waals surface area contributed by atoms with Gasteiger partial charge in [-0.15, -0.1) is 16.6 Å². The second-order valence-corrected chi connectivity index (χ2v) is 7.73. The molecule has 1 amide bonds. The Kier molecular flexibility index (Phi) is 6.80. The van der Waals surface area contributed by atoms with Crippen molar-refractivity contribution >= 4 is 27.7 Å². The van der Waals surface area contributed by atoms with E-state index in [1.807, 2.05) is 4.83 Å². The number of nitrogens with one attached hydrogen (secondary N) is 2. The minimum Gasteiger partial charge on any atom is -0.497 e. The topological polar surface area (TPSA) is 84.5 Å². The van der Waals surface area contributed by atoms with Crippen LogP contribution in [0.1, 0.15) is 6.42 Å². The van der Waals surface area contributed by atoms with E-state index in [1.165, 1.54) is 55.3 Å². The Morgan fingerprint density at radius 2 is 1.76 bits per heavy atom. The van der Waals surface area contributed by atoms with Gasteiger partial charge in [0.1, 0.15) is 11.6 Å². The van der Waals surface area contributed by atoms with Gasteiger partial charge in [0, 0.05) is 17.1 Å². The van der Waals surface area contributed by atoms with Crippen LogP contribution < -0.4 is 15.0 Å². The molecule has 0 unspecified atom stereocenters. The molecule has 6 nitrogen and oxygen atoms in total. The molecular weight excluding hydrogens is 367 g/mol. The second-order valence-electron chi connectivity index (χ2n) is 4.88. The van der Waals surface area contributed by atoms with Gasteiger partial charge in [0.25, 0.3) is 10.0 Å². The molecule has 0 heterocycles. The lowest BCUT2D eigenvalue weighted by Gasteiger charge is -2.09. The molecule has 134 valence electrons. The van der Waals surface area contributed by atoms with E-state index < -0.39 is 15.9 Å². The van der Waals surface area contributed by atoms with Crippen LogP contribution in [0.2, 0.25) is 0 Å². The van der Waals surface area contributed by atoms with E-state index in [9.17, 15) is 17.6 Å². The summed E-state index contributed by atoms with van der Waals surface area (Å²) in [5.74, 6) is 0.171. The van der Waals surface area contributed by atoms with Crippen molar-refractivity contribution in [2.24, 2.45) is 0 Å². The molecule has 0 saturated carbocycles. The Bertz CT molecular complexity index is 809. The summed E-state index contributed by atoms with van der Waals surface area (Å²) in [5, 5.41) is 0. The Labute approximate surface area is 149 Å². The average molecular weight is 384 g/mol. The van der Waals surface area contributed by atoms with Crippen LogP contribution >= 0.6 is 11.8 Å². The number of hydrazine groups is 1. The normalized spacial score (nSPS) is 11.1. The van der Waals surface area contributed by atoms with Gasteiger partial charge in [-0.3, -0.25) is 10.2 Å². The third-order valence-electron chi connectivity index (χ3n) is 3.11. The van der Waals surface area contributed by atoms with Crippen molar-refractivity contribution in [3.05, 3.63) is 54.3 Å². The first-order chi connectivity index (χ1) is 11.9. The highest BCUT2D eigenvalue weighted by Gasteiger charge is 2.15. The number of carbonyl (C=O) groups is 1. The number of sulfonamides is 1. The van der Waals surface area contributed by atoms with Crippen molar-refractivity contribution in [2.75, 3.05) is 12.9 Å². The molecule has 0 radical (unpaired) electrons. The van der Waals surface area contributed by atoms with Crippen molar-refractivity contribution < 1.29 is 22.3 Å². The number of halogens is 1. The molecule has 25 heavy (non-hydrogen) atoms. The molecule has 2 N–H and O–H groups in total. The zero-order chi connectivity index (χ0) is 18.3. The molecule has 2 aromatic carbocycles. The summed E-state index contributed by atoms with van der Waals surface area (Å²) in [6.07, 6.45) is 0.104. The van der Waals surface area contributed by atoms with Gasteiger partial charge >= 0.3 is 0 Å². The van der Waals surface area contributed by atoms with Crippen molar-refractivity contribution in [2.45, 2.75) is 16.2 Å². The molecule has 9 heteroatoms. The molecule has 2 aromatic rings. The number of rotatable bonds is 8. The van der Waals surface area contributed by atoms with E-state index in [1.54, 1.807) is 12.1 Å². The van der Waals surface area contributed by atoms with Crippen LogP contribution in [0.5, 0.6) is 5.75 Å². The van der Waals surface area contributed by atoms with Gasteiger partial charge in [-0.25, -0.2) is 12.8 Å². The lowest BCUT2D eigenvalue weighted by atomic mass is 10.3. The van der Waals surface area contributed by atoms with Crippen LogP contribution in [-0.4, -0.2) is 27.2 Å². The first-order valence-electron chi connectivity index (χ1n) is 7.24. The first-order valence-corrected chi connectivity index (χ1v) is 9.70. The fraction of sp³-hybridized carbons (Fsp3) is 0.188. The number of hydrogen-bond donors (Lipinski definition) is 2. The van der Waals surface area contributed by atoms with E-state index in [4.69, 9.17) is 4.74 Å². The Hall–Kier alpha value is -2.10. The SMILES string of the molecule is COc1ccc(S(=O)(=O)NNC(=O)CCSc2ccc(F)cc2)cc1. The predicted molar refractivity (Wildman–Crippen MR) is 93.2 cm³/mol. The zero-order valence-corrected chi connectivity index (χ0v) is 15.0. The molecule has 0 aliphatic heterocycles. The molecule has 2 rings (SSSR count). The minimum absolute atomic E-state index is 0.00860. The molecule has 0 saturated heterocycles. The first kappa shape index (κ1) is 19.2. The van der Waals surface area contributed by atoms with Crippen molar-refractivity contribution in [1.82, 2.24) is 10.3 Å². The van der Waals surface area contributed by atoms with E-state index in [0.29, 0.717) is 11.5 Å². The summed E-state index contributed by atoms with van der Waals surface area (Å²) in [6, 6.07) is 11.7. The number of hydrogen-bond acceptors (Lipinski definition) is 5. The number of ether oxygens (including phenoxy) is 1. The number of methoxy groups -OCH3 is 1. The monoisotopic (exact) mass is 384 g/mol. The third kappa shape index (κ3) is 6.04. The van der Waals surface area contributed by atoms with Gasteiger partial charge in [0.05, 0.1) is 12.0 Å². The Balaban J connectivity index is 1.79. The lowest BCUT2D eigenvalue weighted by Crippen LogP contribution is -2.41. The van der Waals surface area contributed by atoms with Crippen molar-refractivity contribution in [3.63, 3.8) is 0 Å². The standard InChI is InChI=1S/C16H17FN2O4S2/c1-23-13-4-8-15(9-5-13)25(21,22)19-18-16(20)10-11-24-14-6-2-12(17)3-7-14/h2-9,19H,10-11H2,1H3,(H,18,20). The van der Waals surface area contributed by atoms with Gasteiger partial charge < -0.3 is 4.74 Å². The largest absolute Gasteiger partial charge is 0.497 e. The van der Waals surface area contributed by atoms with E-state index in [-0.39, 0.29) is 17.1 Å². The van der Waals surface area contributed by atoms with Crippen LogP contribution in [0.3, 0.4) is 0 Å². The van der Waals surface area contributed by atoms with Gasteiger partial charge in [-0.05, 0) is 48.5 Å².